The van der Waals surface area contributed by atoms with E-state index in [2.05, 4.69) is 32.1 Å². The molecule has 1 heterocycles. The van der Waals surface area contributed by atoms with Crippen LogP contribution in [0.5, 0.6) is 0 Å². The highest BCUT2D eigenvalue weighted by molar-refractivity contribution is 5.76. The predicted molar refractivity (Wildman–Crippen MR) is 126 cm³/mol. The summed E-state index contributed by atoms with van der Waals surface area (Å²) >= 11 is 0. The van der Waals surface area contributed by atoms with Gasteiger partial charge in [0.1, 0.15) is 12.2 Å². The summed E-state index contributed by atoms with van der Waals surface area (Å²) in [6, 6.07) is 0. The summed E-state index contributed by atoms with van der Waals surface area (Å²) in [4.78, 5) is 24.9. The monoisotopic (exact) mass is 462 g/mol. The van der Waals surface area contributed by atoms with Crippen LogP contribution in [-0.4, -0.2) is 46.6 Å². The van der Waals surface area contributed by atoms with Crippen molar-refractivity contribution in [1.29, 1.82) is 0 Å². The number of hydrogen-bond acceptors (Lipinski definition) is 6. The van der Waals surface area contributed by atoms with E-state index in [-0.39, 0.29) is 54.1 Å². The van der Waals surface area contributed by atoms with Gasteiger partial charge in [0, 0.05) is 18.3 Å². The second-order valence-corrected chi connectivity index (χ2v) is 11.1. The molecular weight excluding hydrogens is 420 g/mol. The highest BCUT2D eigenvalue weighted by Crippen LogP contribution is 2.48. The van der Waals surface area contributed by atoms with Crippen LogP contribution < -0.4 is 0 Å². The Bertz CT molecular complexity index is 781. The van der Waals surface area contributed by atoms with Crippen molar-refractivity contribution in [2.45, 2.75) is 98.1 Å². The fraction of sp³-hybridized carbons (Fsp3) is 0.778. The van der Waals surface area contributed by atoms with Crippen molar-refractivity contribution in [3.63, 3.8) is 0 Å². The Kier molecular flexibility index (Phi) is 8.11. The minimum Gasteiger partial charge on any atom is -0.462 e. The highest BCUT2D eigenvalue weighted by atomic mass is 16.6. The molecule has 2 N–H and O–H groups in total. The van der Waals surface area contributed by atoms with Crippen LogP contribution in [0.25, 0.3) is 0 Å². The van der Waals surface area contributed by atoms with Gasteiger partial charge in [-0.15, -0.1) is 0 Å². The molecule has 3 rings (SSSR count). The van der Waals surface area contributed by atoms with Crippen molar-refractivity contribution >= 4 is 11.9 Å². The number of esters is 2. The summed E-state index contributed by atoms with van der Waals surface area (Å²) in [5, 5.41) is 20.7. The first-order valence-electron chi connectivity index (χ1n) is 12.6. The van der Waals surface area contributed by atoms with E-state index < -0.39 is 23.7 Å². The minimum absolute atomic E-state index is 0.0263. The number of aliphatic hydroxyl groups excluding tert-OH is 2. The Morgan fingerprint density at radius 3 is 2.58 bits per heavy atom. The zero-order valence-corrected chi connectivity index (χ0v) is 21.0. The van der Waals surface area contributed by atoms with Gasteiger partial charge >= 0.3 is 11.9 Å². The first kappa shape index (κ1) is 26.0. The third-order valence-corrected chi connectivity index (χ3v) is 8.20. The molecule has 186 valence electrons. The maximum absolute atomic E-state index is 13.2. The molecule has 1 fully saturated rings. The van der Waals surface area contributed by atoms with E-state index in [1.54, 1.807) is 6.92 Å². The van der Waals surface area contributed by atoms with E-state index in [0.29, 0.717) is 19.3 Å². The van der Waals surface area contributed by atoms with Crippen molar-refractivity contribution in [1.82, 2.24) is 0 Å². The number of ether oxygens (including phenoxy) is 2. The van der Waals surface area contributed by atoms with Crippen molar-refractivity contribution in [2.24, 2.45) is 35.0 Å². The number of carbonyl (C=O) groups excluding carboxylic acids is 2. The number of carbonyl (C=O) groups is 2. The van der Waals surface area contributed by atoms with Gasteiger partial charge in [0.2, 0.25) is 0 Å². The Labute approximate surface area is 198 Å². The van der Waals surface area contributed by atoms with E-state index in [4.69, 9.17) is 9.47 Å². The Hall–Kier alpha value is -1.66. The lowest BCUT2D eigenvalue weighted by Crippen LogP contribution is -2.50. The zero-order valence-electron chi connectivity index (χ0n) is 21.0. The van der Waals surface area contributed by atoms with E-state index in [1.165, 1.54) is 0 Å². The second-order valence-electron chi connectivity index (χ2n) is 11.1. The molecule has 1 saturated heterocycles. The third-order valence-electron chi connectivity index (χ3n) is 8.20. The molecular formula is C27H42O6. The molecule has 1 aliphatic heterocycles. The molecule has 2 aliphatic carbocycles. The van der Waals surface area contributed by atoms with Crippen molar-refractivity contribution in [2.75, 3.05) is 0 Å². The van der Waals surface area contributed by atoms with Gasteiger partial charge in [0.05, 0.1) is 24.0 Å². The van der Waals surface area contributed by atoms with E-state index >= 15 is 0 Å². The molecule has 0 aromatic rings. The van der Waals surface area contributed by atoms with Crippen LogP contribution in [0.1, 0.15) is 73.6 Å². The summed E-state index contributed by atoms with van der Waals surface area (Å²) in [7, 11) is 0. The van der Waals surface area contributed by atoms with Crippen molar-refractivity contribution < 1.29 is 29.3 Å². The number of hydrogen-bond donors (Lipinski definition) is 2. The maximum Gasteiger partial charge on any atom is 0.311 e. The Balaban J connectivity index is 1.89. The average Bonchev–Trinajstić information content (AvgIpc) is 2.72. The third kappa shape index (κ3) is 5.71. The lowest BCUT2D eigenvalue weighted by molar-refractivity contribution is -0.173. The predicted octanol–water partition coefficient (Wildman–Crippen LogP) is 4.19. The van der Waals surface area contributed by atoms with Gasteiger partial charge in [-0.25, -0.2) is 0 Å². The fourth-order valence-corrected chi connectivity index (χ4v) is 5.80. The number of aliphatic hydroxyl groups is 2. The second kappa shape index (κ2) is 10.3. The molecule has 0 bridgehead atoms. The number of fused-ring (bicyclic) bond motifs is 1. The Morgan fingerprint density at radius 2 is 1.97 bits per heavy atom. The molecule has 6 nitrogen and oxygen atoms in total. The topological polar surface area (TPSA) is 93.1 Å². The quantitative estimate of drug-likeness (QED) is 0.551. The molecule has 9 atom stereocenters. The molecule has 0 spiro atoms. The Morgan fingerprint density at radius 1 is 1.27 bits per heavy atom. The SMILES string of the molecule is CCC(C)(C)C(=O)O[C@@H]1C2C(=C[C@H](C)[C@H]1[C@H](C)O)C=C[C@H](C)[C@@H]2CC[C@@H]1C[C@@H](O)CC(=O)O1. The number of cyclic esters (lactones) is 1. The normalized spacial score (nSPS) is 37.6. The number of allylic oxidation sites excluding steroid dienone is 3. The zero-order chi connectivity index (χ0) is 24.5. The first-order chi connectivity index (χ1) is 15.4. The van der Waals surface area contributed by atoms with Crippen LogP contribution in [-0.2, 0) is 19.1 Å². The molecule has 0 aromatic carbocycles. The van der Waals surface area contributed by atoms with E-state index in [0.717, 1.165) is 12.0 Å². The van der Waals surface area contributed by atoms with Crippen LogP contribution in [0.15, 0.2) is 23.8 Å². The maximum atomic E-state index is 13.2. The first-order valence-corrected chi connectivity index (χ1v) is 12.6. The molecule has 0 saturated carbocycles. The molecule has 0 radical (unpaired) electrons. The lowest BCUT2D eigenvalue weighted by Gasteiger charge is -2.48. The minimum atomic E-state index is -0.643. The summed E-state index contributed by atoms with van der Waals surface area (Å²) in [5.74, 6) is -0.279. The fourth-order valence-electron chi connectivity index (χ4n) is 5.80. The number of rotatable bonds is 7. The molecule has 6 heteroatoms. The summed E-state index contributed by atoms with van der Waals surface area (Å²) in [5.41, 5.74) is 0.571. The van der Waals surface area contributed by atoms with Crippen LogP contribution in [0.4, 0.5) is 0 Å². The van der Waals surface area contributed by atoms with Gasteiger partial charge in [-0.05, 0) is 63.4 Å². The van der Waals surface area contributed by atoms with Gasteiger partial charge in [0.25, 0.3) is 0 Å². The van der Waals surface area contributed by atoms with Crippen molar-refractivity contribution in [3.05, 3.63) is 23.8 Å². The molecule has 0 aromatic heterocycles. The van der Waals surface area contributed by atoms with Gasteiger partial charge in [-0.1, -0.05) is 39.0 Å². The summed E-state index contributed by atoms with van der Waals surface area (Å²) in [6.45, 7) is 11.8. The smallest absolute Gasteiger partial charge is 0.311 e. The van der Waals surface area contributed by atoms with Crippen LogP contribution >= 0.6 is 0 Å². The largest absolute Gasteiger partial charge is 0.462 e. The standard InChI is InChI=1S/C27H42O6/c1-7-27(5,6)26(31)33-25-23(17(4)28)16(3)12-18-9-8-15(2)21(24(18)25)11-10-20-13-19(29)14-22(30)32-20/h8-9,12,15-17,19-21,23-25,28-29H,7,10-11,13-14H2,1-6H3/t15-,16-,17-,19+,20+,21-,23-,24?,25-/m0/s1. The average molecular weight is 463 g/mol. The van der Waals surface area contributed by atoms with Gasteiger partial charge in [0.15, 0.2) is 0 Å². The van der Waals surface area contributed by atoms with Gasteiger partial charge in [-0.3, -0.25) is 9.59 Å². The molecule has 1 unspecified atom stereocenters. The van der Waals surface area contributed by atoms with Crippen LogP contribution in [0, 0.1) is 35.0 Å². The summed E-state index contributed by atoms with van der Waals surface area (Å²) in [6.07, 6.45) is 7.25. The van der Waals surface area contributed by atoms with Gasteiger partial charge in [-0.2, -0.15) is 0 Å². The van der Waals surface area contributed by atoms with E-state index in [9.17, 15) is 19.8 Å². The van der Waals surface area contributed by atoms with Crippen LogP contribution in [0.3, 0.4) is 0 Å². The lowest BCUT2D eigenvalue weighted by atomic mass is 9.61. The highest BCUT2D eigenvalue weighted by Gasteiger charge is 2.49. The molecule has 0 amide bonds. The molecule has 3 aliphatic rings. The summed E-state index contributed by atoms with van der Waals surface area (Å²) < 4.78 is 11.8. The van der Waals surface area contributed by atoms with Gasteiger partial charge < -0.3 is 19.7 Å². The van der Waals surface area contributed by atoms with Crippen LogP contribution in [0.2, 0.25) is 0 Å². The molecule has 33 heavy (non-hydrogen) atoms. The van der Waals surface area contributed by atoms with E-state index in [1.807, 2.05) is 20.8 Å². The van der Waals surface area contributed by atoms with Crippen molar-refractivity contribution in [3.8, 4) is 0 Å².